The maximum absolute atomic E-state index is 13.0. The fourth-order valence-electron chi connectivity index (χ4n) is 9.02. The third-order valence-corrected chi connectivity index (χ3v) is 10.4. The first-order valence-electron chi connectivity index (χ1n) is 11.3. The van der Waals surface area contributed by atoms with Gasteiger partial charge in [-0.1, -0.05) is 34.1 Å². The van der Waals surface area contributed by atoms with Gasteiger partial charge in [0.1, 0.15) is 5.76 Å². The average molecular weight is 385 g/mol. The summed E-state index contributed by atoms with van der Waals surface area (Å²) in [5.41, 5.74) is 0.955. The molecule has 0 saturated heterocycles. The van der Waals surface area contributed by atoms with Crippen LogP contribution in [0, 0.1) is 34.0 Å². The second kappa shape index (κ2) is 5.53. The number of Topliss-reactive ketones (excluding diaryl/α,β-unsaturated/α-hetero) is 1. The molecule has 0 amide bonds. The van der Waals surface area contributed by atoms with Crippen molar-refractivity contribution in [3.63, 3.8) is 0 Å². The summed E-state index contributed by atoms with van der Waals surface area (Å²) in [5, 5.41) is 11.5. The lowest BCUT2D eigenvalue weighted by atomic mass is 9.35. The van der Waals surface area contributed by atoms with E-state index in [0.717, 1.165) is 18.6 Å². The molecule has 7 atom stereocenters. The third-order valence-electron chi connectivity index (χ3n) is 10.4. The highest BCUT2D eigenvalue weighted by Crippen LogP contribution is 2.72. The molecule has 1 aromatic rings. The topological polar surface area (TPSA) is 50.4 Å². The van der Waals surface area contributed by atoms with Crippen molar-refractivity contribution in [3.8, 4) is 0 Å². The molecule has 0 radical (unpaired) electrons. The Hall–Kier alpha value is -1.09. The van der Waals surface area contributed by atoms with Crippen molar-refractivity contribution in [3.05, 3.63) is 23.7 Å². The maximum atomic E-state index is 13.0. The van der Waals surface area contributed by atoms with Gasteiger partial charge in [-0.2, -0.15) is 0 Å². The molecule has 154 valence electrons. The van der Waals surface area contributed by atoms with Crippen LogP contribution in [0.3, 0.4) is 0 Å². The average Bonchev–Trinajstić information content (AvgIpc) is 3.10. The largest absolute Gasteiger partial charge is 0.468 e. The minimum absolute atomic E-state index is 0.0762. The maximum Gasteiger partial charge on any atom is 0.166 e. The van der Waals surface area contributed by atoms with Crippen molar-refractivity contribution in [1.29, 1.82) is 0 Å². The summed E-state index contributed by atoms with van der Waals surface area (Å²) >= 11 is 0. The van der Waals surface area contributed by atoms with Crippen LogP contribution in [0.5, 0.6) is 0 Å². The molecule has 3 fully saturated rings. The van der Waals surface area contributed by atoms with E-state index in [-0.39, 0.29) is 22.5 Å². The Bertz CT molecular complexity index is 822. The molecule has 1 aromatic heterocycles. The van der Waals surface area contributed by atoms with Gasteiger partial charge in [-0.05, 0) is 79.1 Å². The summed E-state index contributed by atoms with van der Waals surface area (Å²) in [7, 11) is 0. The number of aliphatic hydroxyl groups excluding tert-OH is 1. The molecule has 4 aliphatic carbocycles. The Morgan fingerprint density at radius 3 is 2.46 bits per heavy atom. The number of furan rings is 1. The fourth-order valence-corrected chi connectivity index (χ4v) is 9.02. The monoisotopic (exact) mass is 384 g/mol. The number of ketones is 1. The van der Waals surface area contributed by atoms with Crippen LogP contribution < -0.4 is 0 Å². The fraction of sp³-hybridized carbons (Fsp3) is 0.800. The van der Waals surface area contributed by atoms with E-state index < -0.39 is 11.5 Å². The number of rotatable bonds is 0. The summed E-state index contributed by atoms with van der Waals surface area (Å²) in [6.45, 7) is 12.0. The molecular weight excluding hydrogens is 348 g/mol. The zero-order valence-corrected chi connectivity index (χ0v) is 18.2. The van der Waals surface area contributed by atoms with Gasteiger partial charge in [0.25, 0.3) is 0 Å². The second-order valence-corrected chi connectivity index (χ2v) is 11.9. The third kappa shape index (κ3) is 2.07. The Morgan fingerprint density at radius 1 is 1.00 bits per heavy atom. The molecule has 0 aliphatic heterocycles. The molecule has 0 aromatic carbocycles. The lowest BCUT2D eigenvalue weighted by molar-refractivity contribution is -0.207. The highest BCUT2D eigenvalue weighted by atomic mass is 16.3. The van der Waals surface area contributed by atoms with Gasteiger partial charge in [0.15, 0.2) is 5.78 Å². The smallest absolute Gasteiger partial charge is 0.166 e. The molecular formula is C25H36O3. The molecule has 5 rings (SSSR count). The highest BCUT2D eigenvalue weighted by molar-refractivity contribution is 5.99. The van der Waals surface area contributed by atoms with E-state index in [4.69, 9.17) is 4.42 Å². The number of carbonyl (C=O) groups excluding carboxylic acids is 1. The van der Waals surface area contributed by atoms with Gasteiger partial charge >= 0.3 is 0 Å². The number of aliphatic hydroxyl groups is 1. The van der Waals surface area contributed by atoms with Crippen LogP contribution >= 0.6 is 0 Å². The molecule has 3 heteroatoms. The van der Waals surface area contributed by atoms with Crippen LogP contribution in [0.25, 0.3) is 0 Å². The van der Waals surface area contributed by atoms with Crippen LogP contribution in [0.4, 0.5) is 0 Å². The zero-order chi connectivity index (χ0) is 20.1. The van der Waals surface area contributed by atoms with Gasteiger partial charge in [0, 0.05) is 6.42 Å². The van der Waals surface area contributed by atoms with E-state index in [1.54, 1.807) is 6.26 Å². The van der Waals surface area contributed by atoms with Gasteiger partial charge in [0.05, 0.1) is 23.3 Å². The van der Waals surface area contributed by atoms with Crippen molar-refractivity contribution in [2.75, 3.05) is 0 Å². The number of carbonyl (C=O) groups is 1. The second-order valence-electron chi connectivity index (χ2n) is 11.9. The van der Waals surface area contributed by atoms with Crippen LogP contribution in [0.1, 0.15) is 95.7 Å². The van der Waals surface area contributed by atoms with E-state index >= 15 is 0 Å². The first-order chi connectivity index (χ1) is 13.0. The molecule has 3 nitrogen and oxygen atoms in total. The van der Waals surface area contributed by atoms with Crippen LogP contribution in [0.15, 0.2) is 16.7 Å². The summed E-state index contributed by atoms with van der Waals surface area (Å²) in [4.78, 5) is 13.0. The van der Waals surface area contributed by atoms with Gasteiger partial charge in [-0.3, -0.25) is 4.79 Å². The van der Waals surface area contributed by atoms with Crippen LogP contribution in [-0.4, -0.2) is 17.0 Å². The first kappa shape index (κ1) is 18.9. The number of hydrogen-bond acceptors (Lipinski definition) is 3. The van der Waals surface area contributed by atoms with Crippen molar-refractivity contribution in [1.82, 2.24) is 0 Å². The summed E-state index contributed by atoms with van der Waals surface area (Å²) in [6, 6.07) is 1.81. The molecule has 1 N–H and O–H groups in total. The summed E-state index contributed by atoms with van der Waals surface area (Å²) < 4.78 is 5.88. The normalized spacial score (nSPS) is 49.6. The van der Waals surface area contributed by atoms with Crippen molar-refractivity contribution in [2.45, 2.75) is 91.1 Å². The van der Waals surface area contributed by atoms with Gasteiger partial charge < -0.3 is 9.52 Å². The lowest BCUT2D eigenvalue weighted by Crippen LogP contribution is -2.66. The molecule has 28 heavy (non-hydrogen) atoms. The first-order valence-corrected chi connectivity index (χ1v) is 11.3. The van der Waals surface area contributed by atoms with Crippen molar-refractivity contribution >= 4 is 5.78 Å². The highest BCUT2D eigenvalue weighted by Gasteiger charge is 2.68. The predicted octanol–water partition coefficient (Wildman–Crippen LogP) is 5.75. The molecule has 0 spiro atoms. The summed E-state index contributed by atoms with van der Waals surface area (Å²) in [6.07, 6.45) is 8.85. The van der Waals surface area contributed by atoms with E-state index in [1.807, 2.05) is 6.07 Å². The molecule has 3 saturated carbocycles. The van der Waals surface area contributed by atoms with Crippen molar-refractivity contribution in [2.24, 2.45) is 34.0 Å². The van der Waals surface area contributed by atoms with Gasteiger partial charge in [0.2, 0.25) is 0 Å². The molecule has 4 aliphatic rings. The van der Waals surface area contributed by atoms with E-state index in [2.05, 4.69) is 34.6 Å². The standard InChI is InChI=1S/C25H36O3/c1-22(2)9-6-10-23(3)17(22)7-11-24(4)18(23)14-20(27)25(5)19(24)13-16(26)15-8-12-28-21(15)25/h8,12,17-20,27H,6-7,9-11,13-14H2,1-5H3/t17-,18+,19-,20-,23-,24+,25+/m0/s1. The molecule has 0 bridgehead atoms. The Morgan fingerprint density at radius 2 is 1.71 bits per heavy atom. The summed E-state index contributed by atoms with van der Waals surface area (Å²) in [5.74, 6) is 2.29. The van der Waals surface area contributed by atoms with E-state index in [9.17, 15) is 9.90 Å². The molecule has 1 heterocycles. The Kier molecular flexibility index (Phi) is 3.74. The van der Waals surface area contributed by atoms with Crippen molar-refractivity contribution < 1.29 is 14.3 Å². The van der Waals surface area contributed by atoms with Gasteiger partial charge in [-0.15, -0.1) is 0 Å². The Balaban J connectivity index is 1.64. The van der Waals surface area contributed by atoms with Crippen LogP contribution in [-0.2, 0) is 5.41 Å². The van der Waals surface area contributed by atoms with Crippen LogP contribution in [0.2, 0.25) is 0 Å². The number of hydrogen-bond donors (Lipinski definition) is 1. The SMILES string of the molecule is CC1(C)CCC[C@]2(C)[C@H]3C[C@H](O)[C@]4(C)c5occc5C(=O)C[C@H]4[C@]3(C)CC[C@@H]12. The lowest BCUT2D eigenvalue weighted by Gasteiger charge is -2.69. The van der Waals surface area contributed by atoms with E-state index in [1.165, 1.54) is 25.7 Å². The predicted molar refractivity (Wildman–Crippen MR) is 109 cm³/mol. The zero-order valence-electron chi connectivity index (χ0n) is 18.2. The molecule has 0 unspecified atom stereocenters. The van der Waals surface area contributed by atoms with Gasteiger partial charge in [-0.25, -0.2) is 0 Å². The quantitative estimate of drug-likeness (QED) is 0.619. The Labute approximate surface area is 169 Å². The minimum atomic E-state index is -0.453. The van der Waals surface area contributed by atoms with E-state index in [0.29, 0.717) is 29.2 Å². The minimum Gasteiger partial charge on any atom is -0.468 e. The number of fused-ring (bicyclic) bond motifs is 7.